The van der Waals surface area contributed by atoms with Crippen LogP contribution in [0.5, 0.6) is 17.2 Å². The summed E-state index contributed by atoms with van der Waals surface area (Å²) >= 11 is 0. The molecule has 0 aromatic heterocycles. The van der Waals surface area contributed by atoms with Crippen molar-refractivity contribution in [3.8, 4) is 17.2 Å². The lowest BCUT2D eigenvalue weighted by Crippen LogP contribution is -2.35. The molecule has 23 heavy (non-hydrogen) atoms. The van der Waals surface area contributed by atoms with E-state index in [-0.39, 0.29) is 18.6 Å². The Balaban J connectivity index is 1.60. The highest BCUT2D eigenvalue weighted by Crippen LogP contribution is 2.31. The van der Waals surface area contributed by atoms with Crippen molar-refractivity contribution in [2.45, 2.75) is 12.5 Å². The molecule has 0 spiro atoms. The molecule has 1 atom stereocenters. The first-order chi connectivity index (χ1) is 11.3. The van der Waals surface area contributed by atoms with Crippen molar-refractivity contribution in [1.82, 2.24) is 5.32 Å². The van der Waals surface area contributed by atoms with Gasteiger partial charge >= 0.3 is 0 Å². The number of hydrogen-bond acceptors (Lipinski definition) is 4. The van der Waals surface area contributed by atoms with Gasteiger partial charge in [-0.15, -0.1) is 0 Å². The zero-order chi connectivity index (χ0) is 16.1. The fourth-order valence-electron chi connectivity index (χ4n) is 2.61. The number of methoxy groups -OCH3 is 1. The minimum Gasteiger partial charge on any atom is -0.493 e. The van der Waals surface area contributed by atoms with Crippen molar-refractivity contribution in [1.29, 1.82) is 0 Å². The van der Waals surface area contributed by atoms with Crippen LogP contribution in [-0.4, -0.2) is 26.2 Å². The number of nitrogens with one attached hydrogen (secondary N) is 1. The van der Waals surface area contributed by atoms with E-state index in [0.29, 0.717) is 18.1 Å². The van der Waals surface area contributed by atoms with Gasteiger partial charge in [0.2, 0.25) is 0 Å². The van der Waals surface area contributed by atoms with Crippen LogP contribution in [0.2, 0.25) is 0 Å². The second kappa shape index (κ2) is 7.05. The van der Waals surface area contributed by atoms with Crippen LogP contribution < -0.4 is 19.5 Å². The maximum Gasteiger partial charge on any atom is 0.258 e. The quantitative estimate of drug-likeness (QED) is 0.922. The highest BCUT2D eigenvalue weighted by atomic mass is 16.5. The van der Waals surface area contributed by atoms with Crippen LogP contribution in [0.4, 0.5) is 0 Å². The molecular weight excluding hydrogens is 294 g/mol. The summed E-state index contributed by atoms with van der Waals surface area (Å²) in [6, 6.07) is 15.0. The number of carbonyl (C=O) groups excluding carboxylic acids is 1. The third kappa shape index (κ3) is 3.56. The van der Waals surface area contributed by atoms with Gasteiger partial charge in [0, 0.05) is 12.0 Å². The molecule has 2 aromatic carbocycles. The van der Waals surface area contributed by atoms with Crippen LogP contribution in [0.25, 0.3) is 0 Å². The third-order valence-corrected chi connectivity index (χ3v) is 3.72. The SMILES string of the molecule is COc1ccccc1OCC(=O)NC1CCOc2ccccc21. The van der Waals surface area contributed by atoms with E-state index < -0.39 is 0 Å². The van der Waals surface area contributed by atoms with Gasteiger partial charge in [-0.2, -0.15) is 0 Å². The van der Waals surface area contributed by atoms with Crippen molar-refractivity contribution in [3.63, 3.8) is 0 Å². The Morgan fingerprint density at radius 3 is 2.74 bits per heavy atom. The number of para-hydroxylation sites is 3. The Labute approximate surface area is 135 Å². The van der Waals surface area contributed by atoms with E-state index >= 15 is 0 Å². The molecular formula is C18H19NO4. The van der Waals surface area contributed by atoms with Gasteiger partial charge in [-0.05, 0) is 18.2 Å². The van der Waals surface area contributed by atoms with Crippen LogP contribution in [0.1, 0.15) is 18.0 Å². The summed E-state index contributed by atoms with van der Waals surface area (Å²) in [4.78, 5) is 12.2. The lowest BCUT2D eigenvalue weighted by molar-refractivity contribution is -0.124. The van der Waals surface area contributed by atoms with Crippen LogP contribution in [-0.2, 0) is 4.79 Å². The topological polar surface area (TPSA) is 56.8 Å². The molecule has 0 radical (unpaired) electrons. The van der Waals surface area contributed by atoms with Crippen molar-refractivity contribution in [3.05, 3.63) is 54.1 Å². The van der Waals surface area contributed by atoms with E-state index in [1.54, 1.807) is 19.2 Å². The van der Waals surface area contributed by atoms with Gasteiger partial charge in [0.15, 0.2) is 18.1 Å². The second-order valence-corrected chi connectivity index (χ2v) is 5.23. The molecule has 1 aliphatic rings. The predicted octanol–water partition coefficient (Wildman–Crippen LogP) is 2.71. The number of rotatable bonds is 5. The molecule has 120 valence electrons. The van der Waals surface area contributed by atoms with Gasteiger partial charge in [0.25, 0.3) is 5.91 Å². The molecule has 5 nitrogen and oxygen atoms in total. The molecule has 2 aromatic rings. The molecule has 3 rings (SSSR count). The summed E-state index contributed by atoms with van der Waals surface area (Å²) in [5.74, 6) is 1.82. The van der Waals surface area contributed by atoms with Gasteiger partial charge in [0.05, 0.1) is 19.8 Å². The van der Waals surface area contributed by atoms with Crippen molar-refractivity contribution >= 4 is 5.91 Å². The molecule has 1 aliphatic heterocycles. The molecule has 5 heteroatoms. The fourth-order valence-corrected chi connectivity index (χ4v) is 2.61. The van der Waals surface area contributed by atoms with Crippen molar-refractivity contribution in [2.75, 3.05) is 20.3 Å². The van der Waals surface area contributed by atoms with E-state index in [9.17, 15) is 4.79 Å². The fraction of sp³-hybridized carbons (Fsp3) is 0.278. The van der Waals surface area contributed by atoms with Gasteiger partial charge in [-0.3, -0.25) is 4.79 Å². The summed E-state index contributed by atoms with van der Waals surface area (Å²) in [6.07, 6.45) is 0.747. The van der Waals surface area contributed by atoms with Gasteiger partial charge in [0.1, 0.15) is 5.75 Å². The van der Waals surface area contributed by atoms with Crippen molar-refractivity contribution < 1.29 is 19.0 Å². The predicted molar refractivity (Wildman–Crippen MR) is 85.9 cm³/mol. The minimum atomic E-state index is -0.169. The first-order valence-corrected chi connectivity index (χ1v) is 7.55. The average molecular weight is 313 g/mol. The maximum absolute atomic E-state index is 12.2. The molecule has 0 aliphatic carbocycles. The van der Waals surface area contributed by atoms with Crippen LogP contribution >= 0.6 is 0 Å². The van der Waals surface area contributed by atoms with Crippen LogP contribution in [0.15, 0.2) is 48.5 Å². The largest absolute Gasteiger partial charge is 0.493 e. The maximum atomic E-state index is 12.2. The highest BCUT2D eigenvalue weighted by Gasteiger charge is 2.22. The monoisotopic (exact) mass is 313 g/mol. The Morgan fingerprint density at radius 2 is 1.91 bits per heavy atom. The number of amides is 1. The first-order valence-electron chi connectivity index (χ1n) is 7.55. The average Bonchev–Trinajstić information content (AvgIpc) is 2.60. The van der Waals surface area contributed by atoms with E-state index in [0.717, 1.165) is 17.7 Å². The van der Waals surface area contributed by atoms with Crippen LogP contribution in [0.3, 0.4) is 0 Å². The Morgan fingerprint density at radius 1 is 1.17 bits per heavy atom. The van der Waals surface area contributed by atoms with Crippen LogP contribution in [0, 0.1) is 0 Å². The summed E-state index contributed by atoms with van der Waals surface area (Å²) in [6.45, 7) is 0.537. The number of ether oxygens (including phenoxy) is 3. The highest BCUT2D eigenvalue weighted by molar-refractivity contribution is 5.78. The lowest BCUT2D eigenvalue weighted by Gasteiger charge is -2.26. The van der Waals surface area contributed by atoms with Crippen molar-refractivity contribution in [2.24, 2.45) is 0 Å². The van der Waals surface area contributed by atoms with E-state index in [2.05, 4.69) is 5.32 Å². The normalized spacial score (nSPS) is 16.0. The Kier molecular flexibility index (Phi) is 4.66. The Hall–Kier alpha value is -2.69. The first kappa shape index (κ1) is 15.2. The third-order valence-electron chi connectivity index (χ3n) is 3.72. The molecule has 1 amide bonds. The summed E-state index contributed by atoms with van der Waals surface area (Å²) < 4.78 is 16.3. The number of hydrogen-bond donors (Lipinski definition) is 1. The molecule has 0 saturated heterocycles. The minimum absolute atomic E-state index is 0.0475. The molecule has 0 fully saturated rings. The molecule has 1 heterocycles. The molecule has 1 N–H and O–H groups in total. The lowest BCUT2D eigenvalue weighted by atomic mass is 10.0. The standard InChI is InChI=1S/C18H19NO4/c1-21-16-8-4-5-9-17(16)23-12-18(20)19-14-10-11-22-15-7-3-2-6-13(14)15/h2-9,14H,10-12H2,1H3,(H,19,20). The van der Waals surface area contributed by atoms with E-state index in [1.165, 1.54) is 0 Å². The second-order valence-electron chi connectivity index (χ2n) is 5.23. The summed E-state index contributed by atoms with van der Waals surface area (Å²) in [5, 5.41) is 3.00. The summed E-state index contributed by atoms with van der Waals surface area (Å²) in [5.41, 5.74) is 1.00. The molecule has 1 unspecified atom stereocenters. The van der Waals surface area contributed by atoms with Gasteiger partial charge < -0.3 is 19.5 Å². The van der Waals surface area contributed by atoms with Gasteiger partial charge in [-0.1, -0.05) is 30.3 Å². The smallest absolute Gasteiger partial charge is 0.258 e. The zero-order valence-electron chi connectivity index (χ0n) is 13.0. The number of benzene rings is 2. The number of carbonyl (C=O) groups is 1. The zero-order valence-corrected chi connectivity index (χ0v) is 13.0. The summed E-state index contributed by atoms with van der Waals surface area (Å²) in [7, 11) is 1.57. The molecule has 0 bridgehead atoms. The van der Waals surface area contributed by atoms with Gasteiger partial charge in [-0.25, -0.2) is 0 Å². The Bertz CT molecular complexity index is 686. The molecule has 0 saturated carbocycles. The van der Waals surface area contributed by atoms with E-state index in [4.69, 9.17) is 14.2 Å². The number of fused-ring (bicyclic) bond motifs is 1. The van der Waals surface area contributed by atoms with E-state index in [1.807, 2.05) is 36.4 Å².